The summed E-state index contributed by atoms with van der Waals surface area (Å²) in [7, 11) is 0. The summed E-state index contributed by atoms with van der Waals surface area (Å²) in [6.07, 6.45) is 1.85. The standard InChI is InChI=1S/C26H31FN2O3/c1-18(30)31-13-12-28-8-10-29(11-9-28)17-22-16-25-23-5-3-2-4-19(23)14-20-6-7-21(27)15-24(20)26(25)32-22/h2-7,15,22,25-26H,8-14,16-17H2,1H3. The second-order valence-corrected chi connectivity index (χ2v) is 9.22. The molecule has 0 radical (unpaired) electrons. The molecule has 2 aromatic carbocycles. The predicted octanol–water partition coefficient (Wildman–Crippen LogP) is 3.52. The van der Waals surface area contributed by atoms with Crippen LogP contribution in [0.2, 0.25) is 0 Å². The van der Waals surface area contributed by atoms with Gasteiger partial charge in [-0.05, 0) is 47.2 Å². The van der Waals surface area contributed by atoms with Gasteiger partial charge in [0.25, 0.3) is 0 Å². The molecular weight excluding hydrogens is 407 g/mol. The molecule has 1 aliphatic carbocycles. The van der Waals surface area contributed by atoms with E-state index in [1.165, 1.54) is 23.6 Å². The Labute approximate surface area is 189 Å². The Morgan fingerprint density at radius 1 is 1.06 bits per heavy atom. The molecule has 6 heteroatoms. The van der Waals surface area contributed by atoms with Gasteiger partial charge in [-0.25, -0.2) is 4.39 Å². The minimum Gasteiger partial charge on any atom is -0.465 e. The number of nitrogens with zero attached hydrogens (tertiary/aromatic N) is 2. The summed E-state index contributed by atoms with van der Waals surface area (Å²) in [6.45, 7) is 7.50. The number of hydrogen-bond donors (Lipinski definition) is 0. The van der Waals surface area contributed by atoms with E-state index in [1.54, 1.807) is 12.1 Å². The first-order valence-corrected chi connectivity index (χ1v) is 11.7. The molecular formula is C26H31FN2O3. The molecule has 0 amide bonds. The van der Waals surface area contributed by atoms with E-state index in [-0.39, 0.29) is 29.9 Å². The molecule has 0 saturated carbocycles. The van der Waals surface area contributed by atoms with Crippen molar-refractivity contribution in [3.05, 3.63) is 70.5 Å². The minimum atomic E-state index is -0.220. The number of rotatable bonds is 5. The lowest BCUT2D eigenvalue weighted by Crippen LogP contribution is -2.49. The van der Waals surface area contributed by atoms with Crippen LogP contribution < -0.4 is 0 Å². The van der Waals surface area contributed by atoms with Crippen molar-refractivity contribution in [2.75, 3.05) is 45.9 Å². The van der Waals surface area contributed by atoms with Crippen molar-refractivity contribution in [1.82, 2.24) is 9.80 Å². The van der Waals surface area contributed by atoms with E-state index in [9.17, 15) is 9.18 Å². The Balaban J connectivity index is 1.25. The first-order valence-electron chi connectivity index (χ1n) is 11.7. The molecule has 0 N–H and O–H groups in total. The number of halogens is 1. The van der Waals surface area contributed by atoms with Crippen molar-refractivity contribution in [1.29, 1.82) is 0 Å². The van der Waals surface area contributed by atoms with E-state index in [2.05, 4.69) is 34.1 Å². The normalized spacial score (nSPS) is 25.5. The minimum absolute atomic E-state index is 0.0839. The number of piperazine rings is 1. The second kappa shape index (κ2) is 9.30. The summed E-state index contributed by atoms with van der Waals surface area (Å²) >= 11 is 0. The molecule has 3 aliphatic rings. The molecule has 5 nitrogen and oxygen atoms in total. The van der Waals surface area contributed by atoms with Crippen molar-refractivity contribution < 1.29 is 18.7 Å². The number of esters is 1. The van der Waals surface area contributed by atoms with Crippen LogP contribution in [0.3, 0.4) is 0 Å². The number of carbonyl (C=O) groups excluding carboxylic acids is 1. The SMILES string of the molecule is CC(=O)OCCN1CCN(CC2CC3c4ccccc4Cc4ccc(F)cc4C3O2)CC1. The van der Waals surface area contributed by atoms with Crippen LogP contribution in [0.25, 0.3) is 0 Å². The second-order valence-electron chi connectivity index (χ2n) is 9.22. The maximum absolute atomic E-state index is 14.2. The zero-order valence-corrected chi connectivity index (χ0v) is 18.6. The smallest absolute Gasteiger partial charge is 0.302 e. The average molecular weight is 439 g/mol. The fourth-order valence-corrected chi connectivity index (χ4v) is 5.52. The van der Waals surface area contributed by atoms with Gasteiger partial charge in [-0.1, -0.05) is 30.3 Å². The van der Waals surface area contributed by atoms with Gasteiger partial charge in [0.15, 0.2) is 0 Å². The lowest BCUT2D eigenvalue weighted by Gasteiger charge is -2.35. The molecule has 2 saturated heterocycles. The Kier molecular flexibility index (Phi) is 6.26. The van der Waals surface area contributed by atoms with E-state index >= 15 is 0 Å². The van der Waals surface area contributed by atoms with Gasteiger partial charge in [0, 0.05) is 52.1 Å². The van der Waals surface area contributed by atoms with Crippen LogP contribution in [0, 0.1) is 5.82 Å². The number of hydrogen-bond acceptors (Lipinski definition) is 5. The van der Waals surface area contributed by atoms with Crippen LogP contribution in [0.1, 0.15) is 47.6 Å². The first kappa shape index (κ1) is 21.6. The summed E-state index contributed by atoms with van der Waals surface area (Å²) in [5.74, 6) is -0.142. The van der Waals surface area contributed by atoms with Crippen LogP contribution in [0.15, 0.2) is 42.5 Å². The van der Waals surface area contributed by atoms with Crippen molar-refractivity contribution in [3.8, 4) is 0 Å². The molecule has 0 spiro atoms. The number of fused-ring (bicyclic) bond motifs is 5. The van der Waals surface area contributed by atoms with Crippen LogP contribution in [0.5, 0.6) is 0 Å². The van der Waals surface area contributed by atoms with Crippen molar-refractivity contribution >= 4 is 5.97 Å². The van der Waals surface area contributed by atoms with Gasteiger partial charge in [-0.2, -0.15) is 0 Å². The van der Waals surface area contributed by atoms with Crippen molar-refractivity contribution in [3.63, 3.8) is 0 Å². The zero-order valence-electron chi connectivity index (χ0n) is 18.6. The highest BCUT2D eigenvalue weighted by Gasteiger charge is 2.41. The highest BCUT2D eigenvalue weighted by Crippen LogP contribution is 2.49. The van der Waals surface area contributed by atoms with Crippen LogP contribution >= 0.6 is 0 Å². The third kappa shape index (κ3) is 4.58. The summed E-state index contributed by atoms with van der Waals surface area (Å²) in [4.78, 5) is 15.8. The molecule has 2 aromatic rings. The van der Waals surface area contributed by atoms with Crippen LogP contribution in [0.4, 0.5) is 4.39 Å². The highest BCUT2D eigenvalue weighted by atomic mass is 19.1. The predicted molar refractivity (Wildman–Crippen MR) is 120 cm³/mol. The third-order valence-electron chi connectivity index (χ3n) is 7.11. The Hall–Kier alpha value is -2.28. The largest absolute Gasteiger partial charge is 0.465 e. The third-order valence-corrected chi connectivity index (χ3v) is 7.11. The molecule has 32 heavy (non-hydrogen) atoms. The van der Waals surface area contributed by atoms with Crippen molar-refractivity contribution in [2.45, 2.75) is 37.9 Å². The molecule has 0 aromatic heterocycles. The van der Waals surface area contributed by atoms with Gasteiger partial charge >= 0.3 is 5.97 Å². The van der Waals surface area contributed by atoms with Gasteiger partial charge in [0.2, 0.25) is 0 Å². The van der Waals surface area contributed by atoms with Crippen LogP contribution in [-0.4, -0.2) is 67.7 Å². The van der Waals surface area contributed by atoms with E-state index in [4.69, 9.17) is 9.47 Å². The Bertz CT molecular complexity index is 973. The monoisotopic (exact) mass is 438 g/mol. The maximum Gasteiger partial charge on any atom is 0.302 e. The highest BCUT2D eigenvalue weighted by molar-refractivity contribution is 5.65. The number of benzene rings is 2. The van der Waals surface area contributed by atoms with Gasteiger partial charge < -0.3 is 9.47 Å². The lowest BCUT2D eigenvalue weighted by molar-refractivity contribution is -0.141. The quantitative estimate of drug-likeness (QED) is 0.669. The average Bonchev–Trinajstić information content (AvgIpc) is 3.14. The van der Waals surface area contributed by atoms with E-state index in [0.29, 0.717) is 6.61 Å². The lowest BCUT2D eigenvalue weighted by atomic mass is 9.87. The number of ether oxygens (including phenoxy) is 2. The van der Waals surface area contributed by atoms with Gasteiger partial charge in [0.05, 0.1) is 12.2 Å². The molecule has 3 atom stereocenters. The molecule has 3 unspecified atom stereocenters. The fourth-order valence-electron chi connectivity index (χ4n) is 5.52. The molecule has 5 rings (SSSR count). The van der Waals surface area contributed by atoms with Gasteiger partial charge in [-0.3, -0.25) is 14.6 Å². The van der Waals surface area contributed by atoms with E-state index < -0.39 is 0 Å². The topological polar surface area (TPSA) is 42.0 Å². The molecule has 2 fully saturated rings. The Morgan fingerprint density at radius 3 is 2.62 bits per heavy atom. The zero-order chi connectivity index (χ0) is 22.1. The first-order chi connectivity index (χ1) is 15.6. The van der Waals surface area contributed by atoms with Crippen LogP contribution in [-0.2, 0) is 20.7 Å². The summed E-state index contributed by atoms with van der Waals surface area (Å²) in [5, 5.41) is 0. The van der Waals surface area contributed by atoms with E-state index in [1.807, 2.05) is 6.07 Å². The fraction of sp³-hybridized carbons (Fsp3) is 0.500. The number of carbonyl (C=O) groups is 1. The summed E-state index contributed by atoms with van der Waals surface area (Å²) in [6, 6.07) is 13.8. The molecule has 0 bridgehead atoms. The van der Waals surface area contributed by atoms with E-state index in [0.717, 1.165) is 57.7 Å². The maximum atomic E-state index is 14.2. The Morgan fingerprint density at radius 2 is 1.81 bits per heavy atom. The summed E-state index contributed by atoms with van der Waals surface area (Å²) < 4.78 is 25.8. The molecule has 2 heterocycles. The summed E-state index contributed by atoms with van der Waals surface area (Å²) in [5.41, 5.74) is 4.88. The molecule has 2 aliphatic heterocycles. The van der Waals surface area contributed by atoms with Gasteiger partial charge in [-0.15, -0.1) is 0 Å². The van der Waals surface area contributed by atoms with Crippen molar-refractivity contribution in [2.24, 2.45) is 0 Å². The molecule has 170 valence electrons. The van der Waals surface area contributed by atoms with Gasteiger partial charge in [0.1, 0.15) is 12.4 Å².